The molecule has 1 unspecified atom stereocenters. The van der Waals surface area contributed by atoms with Crippen molar-refractivity contribution in [1.82, 2.24) is 9.62 Å². The van der Waals surface area contributed by atoms with E-state index in [1.807, 2.05) is 0 Å². The Balaban J connectivity index is 0.00000192. The molecule has 0 aliphatic carbocycles. The second kappa shape index (κ2) is 7.78. The van der Waals surface area contributed by atoms with Gasteiger partial charge in [-0.05, 0) is 56.3 Å². The minimum atomic E-state index is -3.74. The van der Waals surface area contributed by atoms with Crippen LogP contribution in [0.4, 0.5) is 4.39 Å². The molecule has 0 amide bonds. The van der Waals surface area contributed by atoms with Crippen molar-refractivity contribution >= 4 is 38.4 Å². The second-order valence-electron chi connectivity index (χ2n) is 6.02. The number of nitrogens with zero attached hydrogens (tertiary/aromatic N) is 1. The Morgan fingerprint density at radius 2 is 1.91 bits per heavy atom. The summed E-state index contributed by atoms with van der Waals surface area (Å²) in [6.45, 7) is 2.01. The number of hydrogen-bond acceptors (Lipinski definition) is 3. The third-order valence-electron chi connectivity index (χ3n) is 4.68. The molecule has 3 rings (SSSR count). The quantitative estimate of drug-likeness (QED) is 0.806. The van der Waals surface area contributed by atoms with E-state index < -0.39 is 15.8 Å². The average Bonchev–Trinajstić information content (AvgIpc) is 3.01. The summed E-state index contributed by atoms with van der Waals surface area (Å²) in [4.78, 5) is -0.229. The fourth-order valence-corrected chi connectivity index (χ4v) is 5.30. The van der Waals surface area contributed by atoms with Gasteiger partial charge in [0.25, 0.3) is 0 Å². The molecule has 0 saturated carbocycles. The molecular formula is C15H21BrClFN2O2S. The molecule has 0 radical (unpaired) electrons. The van der Waals surface area contributed by atoms with Gasteiger partial charge in [0.05, 0.1) is 0 Å². The van der Waals surface area contributed by atoms with Crippen LogP contribution in [0.2, 0.25) is 0 Å². The molecule has 1 N–H and O–H groups in total. The normalized spacial score (nSPS) is 23.7. The summed E-state index contributed by atoms with van der Waals surface area (Å²) in [6.07, 6.45) is 4.07. The summed E-state index contributed by atoms with van der Waals surface area (Å²) in [7, 11) is -3.74. The zero-order valence-electron chi connectivity index (χ0n) is 12.7. The fraction of sp³-hybridized carbons (Fsp3) is 0.600. The molecule has 130 valence electrons. The van der Waals surface area contributed by atoms with E-state index in [1.165, 1.54) is 29.3 Å². The van der Waals surface area contributed by atoms with Gasteiger partial charge in [0.1, 0.15) is 10.7 Å². The summed E-state index contributed by atoms with van der Waals surface area (Å²) in [6, 6.07) is 4.61. The smallest absolute Gasteiger partial charge is 0.245 e. The Kier molecular flexibility index (Phi) is 6.47. The molecule has 1 atom stereocenters. The van der Waals surface area contributed by atoms with Crippen LogP contribution in [0.5, 0.6) is 0 Å². The van der Waals surface area contributed by atoms with Crippen molar-refractivity contribution in [3.05, 3.63) is 28.5 Å². The molecule has 2 aliphatic heterocycles. The third kappa shape index (κ3) is 4.07. The van der Waals surface area contributed by atoms with Crippen molar-refractivity contribution in [2.75, 3.05) is 19.6 Å². The van der Waals surface area contributed by atoms with Crippen LogP contribution in [0.15, 0.2) is 27.6 Å². The monoisotopic (exact) mass is 426 g/mol. The Labute approximate surface area is 151 Å². The summed E-state index contributed by atoms with van der Waals surface area (Å²) in [5.74, 6) is -0.169. The number of piperidine rings is 1. The molecular weight excluding hydrogens is 407 g/mol. The highest BCUT2D eigenvalue weighted by Crippen LogP contribution is 2.30. The van der Waals surface area contributed by atoms with E-state index in [0.717, 1.165) is 19.4 Å². The fourth-order valence-electron chi connectivity index (χ4n) is 3.46. The molecule has 8 heteroatoms. The number of benzene rings is 1. The van der Waals surface area contributed by atoms with Gasteiger partial charge in [-0.25, -0.2) is 12.8 Å². The number of rotatable bonds is 3. The van der Waals surface area contributed by atoms with E-state index in [-0.39, 0.29) is 17.3 Å². The van der Waals surface area contributed by atoms with Gasteiger partial charge in [-0.1, -0.05) is 15.9 Å². The van der Waals surface area contributed by atoms with Crippen LogP contribution in [0.25, 0.3) is 0 Å². The summed E-state index contributed by atoms with van der Waals surface area (Å²) in [5, 5.41) is 3.49. The minimum Gasteiger partial charge on any atom is -0.314 e. The van der Waals surface area contributed by atoms with Gasteiger partial charge in [-0.15, -0.1) is 12.4 Å². The predicted octanol–water partition coefficient (Wildman–Crippen LogP) is 3.16. The predicted molar refractivity (Wildman–Crippen MR) is 93.9 cm³/mol. The van der Waals surface area contributed by atoms with Crippen LogP contribution < -0.4 is 5.32 Å². The lowest BCUT2D eigenvalue weighted by Gasteiger charge is -2.34. The molecule has 0 aromatic heterocycles. The van der Waals surface area contributed by atoms with E-state index in [0.29, 0.717) is 29.5 Å². The van der Waals surface area contributed by atoms with Crippen LogP contribution in [-0.2, 0) is 10.0 Å². The van der Waals surface area contributed by atoms with Crippen LogP contribution in [0, 0.1) is 11.7 Å². The molecule has 4 nitrogen and oxygen atoms in total. The van der Waals surface area contributed by atoms with Crippen LogP contribution in [-0.4, -0.2) is 38.4 Å². The highest BCUT2D eigenvalue weighted by atomic mass is 79.9. The summed E-state index contributed by atoms with van der Waals surface area (Å²) < 4.78 is 41.1. The van der Waals surface area contributed by atoms with Crippen molar-refractivity contribution in [1.29, 1.82) is 0 Å². The molecule has 0 bridgehead atoms. The zero-order valence-corrected chi connectivity index (χ0v) is 15.9. The van der Waals surface area contributed by atoms with Crippen molar-refractivity contribution in [3.63, 3.8) is 0 Å². The first-order chi connectivity index (χ1) is 10.5. The van der Waals surface area contributed by atoms with Gasteiger partial charge in [0, 0.05) is 23.6 Å². The number of hydrogen-bond donors (Lipinski definition) is 1. The maximum atomic E-state index is 14.0. The molecule has 2 fully saturated rings. The van der Waals surface area contributed by atoms with E-state index in [4.69, 9.17) is 0 Å². The Bertz CT molecular complexity index is 645. The van der Waals surface area contributed by atoms with Crippen molar-refractivity contribution in [2.24, 2.45) is 5.92 Å². The van der Waals surface area contributed by atoms with E-state index in [1.54, 1.807) is 6.07 Å². The molecule has 23 heavy (non-hydrogen) atoms. The van der Waals surface area contributed by atoms with Gasteiger partial charge in [0.2, 0.25) is 10.0 Å². The topological polar surface area (TPSA) is 49.4 Å². The standard InChI is InChI=1S/C15H20BrFN2O2S.ClH/c16-12-3-4-15(13(17)10-12)22(20,21)19-8-5-11(6-9-19)14-2-1-7-18-14;/h3-4,10-11,14,18H,1-2,5-9H2;1H. The maximum absolute atomic E-state index is 14.0. The summed E-state index contributed by atoms with van der Waals surface area (Å²) >= 11 is 3.15. The molecule has 2 aliphatic rings. The Morgan fingerprint density at radius 1 is 1.22 bits per heavy atom. The lowest BCUT2D eigenvalue weighted by molar-refractivity contribution is 0.233. The van der Waals surface area contributed by atoms with Gasteiger partial charge >= 0.3 is 0 Å². The van der Waals surface area contributed by atoms with Gasteiger partial charge in [-0.3, -0.25) is 0 Å². The van der Waals surface area contributed by atoms with E-state index in [2.05, 4.69) is 21.2 Å². The molecule has 2 heterocycles. The minimum absolute atomic E-state index is 0. The first kappa shape index (κ1) is 19.1. The van der Waals surface area contributed by atoms with Crippen LogP contribution in [0.3, 0.4) is 0 Å². The van der Waals surface area contributed by atoms with E-state index in [9.17, 15) is 12.8 Å². The first-order valence-electron chi connectivity index (χ1n) is 7.67. The van der Waals surface area contributed by atoms with Crippen molar-refractivity contribution in [2.45, 2.75) is 36.6 Å². The van der Waals surface area contributed by atoms with Crippen LogP contribution in [0.1, 0.15) is 25.7 Å². The number of nitrogens with one attached hydrogen (secondary N) is 1. The van der Waals surface area contributed by atoms with E-state index >= 15 is 0 Å². The summed E-state index contributed by atoms with van der Waals surface area (Å²) in [5.41, 5.74) is 0. The molecule has 0 spiro atoms. The zero-order chi connectivity index (χ0) is 15.7. The van der Waals surface area contributed by atoms with Crippen molar-refractivity contribution in [3.8, 4) is 0 Å². The molecule has 1 aromatic rings. The lowest BCUT2D eigenvalue weighted by atomic mass is 9.89. The van der Waals surface area contributed by atoms with Crippen molar-refractivity contribution < 1.29 is 12.8 Å². The van der Waals surface area contributed by atoms with Gasteiger partial charge in [-0.2, -0.15) is 4.31 Å². The maximum Gasteiger partial charge on any atom is 0.245 e. The van der Waals surface area contributed by atoms with Gasteiger partial charge in [0.15, 0.2) is 0 Å². The SMILES string of the molecule is Cl.O=S(=O)(c1ccc(Br)cc1F)N1CCC(C2CCCN2)CC1. The number of sulfonamides is 1. The largest absolute Gasteiger partial charge is 0.314 e. The van der Waals surface area contributed by atoms with Crippen LogP contribution >= 0.6 is 28.3 Å². The highest BCUT2D eigenvalue weighted by molar-refractivity contribution is 9.10. The third-order valence-corrected chi connectivity index (χ3v) is 7.10. The molecule has 2 saturated heterocycles. The van der Waals surface area contributed by atoms with Gasteiger partial charge < -0.3 is 5.32 Å². The number of halogens is 3. The average molecular weight is 428 g/mol. The Hall–Kier alpha value is -0.210. The second-order valence-corrected chi connectivity index (χ2v) is 8.84. The lowest BCUT2D eigenvalue weighted by Crippen LogP contribution is -2.43. The highest BCUT2D eigenvalue weighted by Gasteiger charge is 2.34. The Morgan fingerprint density at radius 3 is 2.48 bits per heavy atom. The first-order valence-corrected chi connectivity index (χ1v) is 9.90. The molecule has 1 aromatic carbocycles.